The van der Waals surface area contributed by atoms with Gasteiger partial charge in [0.1, 0.15) is 17.3 Å². The Bertz CT molecular complexity index is 778. The summed E-state index contributed by atoms with van der Waals surface area (Å²) in [6.07, 6.45) is 1.66. The predicted molar refractivity (Wildman–Crippen MR) is 71.9 cm³/mol. The van der Waals surface area contributed by atoms with Gasteiger partial charge in [0.25, 0.3) is 0 Å². The minimum Gasteiger partial charge on any atom is -0.464 e. The first kappa shape index (κ1) is 12.3. The smallest absolute Gasteiger partial charge is 0.355 e. The second-order valence-electron chi connectivity index (χ2n) is 4.25. The van der Waals surface area contributed by atoms with Crippen LogP contribution in [0.4, 0.5) is 4.39 Å². The minimum atomic E-state index is -0.447. The molecule has 0 saturated carbocycles. The highest BCUT2D eigenvalue weighted by molar-refractivity contribution is 5.89. The van der Waals surface area contributed by atoms with Crippen molar-refractivity contribution in [3.05, 3.63) is 60.2 Å². The Balaban J connectivity index is 2.26. The lowest BCUT2D eigenvalue weighted by atomic mass is 10.2. The van der Waals surface area contributed by atoms with Crippen molar-refractivity contribution in [2.24, 2.45) is 0 Å². The van der Waals surface area contributed by atoms with Crippen LogP contribution in [-0.2, 0) is 4.74 Å². The predicted octanol–water partition coefficient (Wildman–Crippen LogP) is 2.93. The van der Waals surface area contributed by atoms with Gasteiger partial charge in [-0.2, -0.15) is 0 Å². The van der Waals surface area contributed by atoms with E-state index >= 15 is 0 Å². The molecule has 0 amide bonds. The van der Waals surface area contributed by atoms with Crippen molar-refractivity contribution in [2.45, 2.75) is 0 Å². The second-order valence-corrected chi connectivity index (χ2v) is 4.25. The van der Waals surface area contributed by atoms with E-state index in [-0.39, 0.29) is 5.82 Å². The summed E-state index contributed by atoms with van der Waals surface area (Å²) in [4.78, 5) is 16.1. The number of hydrogen-bond donors (Lipinski definition) is 0. The summed E-state index contributed by atoms with van der Waals surface area (Å²) in [5, 5.41) is 0. The van der Waals surface area contributed by atoms with Crippen LogP contribution in [0.2, 0.25) is 0 Å². The number of rotatable bonds is 2. The molecule has 2 heterocycles. The summed E-state index contributed by atoms with van der Waals surface area (Å²) >= 11 is 0. The number of carbonyl (C=O) groups is 1. The van der Waals surface area contributed by atoms with Crippen LogP contribution in [0, 0.1) is 5.82 Å². The number of pyridine rings is 1. The molecule has 0 fully saturated rings. The van der Waals surface area contributed by atoms with Crippen molar-refractivity contribution in [3.8, 4) is 11.4 Å². The number of methoxy groups -OCH3 is 1. The molecule has 0 atom stereocenters. The highest BCUT2D eigenvalue weighted by atomic mass is 19.1. The van der Waals surface area contributed by atoms with Crippen molar-refractivity contribution in [2.75, 3.05) is 7.11 Å². The van der Waals surface area contributed by atoms with Crippen LogP contribution < -0.4 is 0 Å². The summed E-state index contributed by atoms with van der Waals surface area (Å²) in [5.41, 5.74) is 1.87. The van der Waals surface area contributed by atoms with Crippen molar-refractivity contribution < 1.29 is 13.9 Å². The molecule has 0 spiro atoms. The van der Waals surface area contributed by atoms with Gasteiger partial charge >= 0.3 is 5.97 Å². The van der Waals surface area contributed by atoms with E-state index in [4.69, 9.17) is 4.74 Å². The normalized spacial score (nSPS) is 10.7. The fraction of sp³-hybridized carbons (Fsp3) is 0.0667. The summed E-state index contributed by atoms with van der Waals surface area (Å²) in [7, 11) is 1.33. The van der Waals surface area contributed by atoms with Gasteiger partial charge in [0, 0.05) is 5.56 Å². The van der Waals surface area contributed by atoms with Crippen molar-refractivity contribution in [1.82, 2.24) is 9.38 Å². The van der Waals surface area contributed by atoms with E-state index in [0.29, 0.717) is 11.5 Å². The van der Waals surface area contributed by atoms with Gasteiger partial charge in [-0.3, -0.25) is 4.40 Å². The van der Waals surface area contributed by atoms with Crippen LogP contribution in [0.15, 0.2) is 48.7 Å². The Kier molecular flexibility index (Phi) is 2.95. The van der Waals surface area contributed by atoms with Crippen LogP contribution in [0.3, 0.4) is 0 Å². The van der Waals surface area contributed by atoms with E-state index in [1.165, 1.54) is 19.2 Å². The number of carbonyl (C=O) groups excluding carboxylic acids is 1. The lowest BCUT2D eigenvalue weighted by molar-refractivity contribution is 0.0592. The zero-order valence-electron chi connectivity index (χ0n) is 10.7. The molecule has 0 aliphatic heterocycles. The number of hydrogen-bond acceptors (Lipinski definition) is 3. The first-order chi connectivity index (χ1) is 9.70. The second kappa shape index (κ2) is 4.77. The zero-order valence-corrected chi connectivity index (χ0v) is 10.7. The van der Waals surface area contributed by atoms with Gasteiger partial charge in [-0.1, -0.05) is 6.07 Å². The van der Waals surface area contributed by atoms with E-state index < -0.39 is 5.97 Å². The standard InChI is InChI=1S/C15H11FN2O2/c1-20-15(19)13-4-2-3-12-9-17-14(18(12)13)10-5-7-11(16)8-6-10/h2-9H,1H3. The fourth-order valence-corrected chi connectivity index (χ4v) is 2.11. The monoisotopic (exact) mass is 270 g/mol. The van der Waals surface area contributed by atoms with Gasteiger partial charge in [0.2, 0.25) is 0 Å². The van der Waals surface area contributed by atoms with Crippen LogP contribution in [0.1, 0.15) is 10.5 Å². The Hall–Kier alpha value is -2.69. The first-order valence-corrected chi connectivity index (χ1v) is 6.01. The van der Waals surface area contributed by atoms with E-state index in [1.807, 2.05) is 6.07 Å². The van der Waals surface area contributed by atoms with E-state index in [9.17, 15) is 9.18 Å². The topological polar surface area (TPSA) is 43.6 Å². The molecule has 0 bridgehead atoms. The summed E-state index contributed by atoms with van der Waals surface area (Å²) in [5.74, 6) is -0.194. The fourth-order valence-electron chi connectivity index (χ4n) is 2.11. The Morgan fingerprint density at radius 2 is 1.95 bits per heavy atom. The largest absolute Gasteiger partial charge is 0.464 e. The highest BCUT2D eigenvalue weighted by Crippen LogP contribution is 2.22. The van der Waals surface area contributed by atoms with Gasteiger partial charge < -0.3 is 4.74 Å². The molecular formula is C15H11FN2O2. The summed E-state index contributed by atoms with van der Waals surface area (Å²) in [6, 6.07) is 11.2. The summed E-state index contributed by atoms with van der Waals surface area (Å²) in [6.45, 7) is 0. The van der Waals surface area contributed by atoms with Gasteiger partial charge in [-0.15, -0.1) is 0 Å². The number of nitrogens with zero attached hydrogens (tertiary/aromatic N) is 2. The van der Waals surface area contributed by atoms with Gasteiger partial charge in [0.05, 0.1) is 18.8 Å². The number of aromatic nitrogens is 2. The minimum absolute atomic E-state index is 0.317. The van der Waals surface area contributed by atoms with Gasteiger partial charge in [-0.05, 0) is 36.4 Å². The maximum atomic E-state index is 13.0. The zero-order chi connectivity index (χ0) is 14.1. The molecule has 4 nitrogen and oxygen atoms in total. The van der Waals surface area contributed by atoms with Crippen molar-refractivity contribution in [3.63, 3.8) is 0 Å². The van der Waals surface area contributed by atoms with Gasteiger partial charge in [0.15, 0.2) is 0 Å². The molecule has 0 saturated heterocycles. The molecule has 3 aromatic rings. The maximum absolute atomic E-state index is 13.0. The number of imidazole rings is 1. The first-order valence-electron chi connectivity index (χ1n) is 6.01. The van der Waals surface area contributed by atoms with Crippen LogP contribution in [-0.4, -0.2) is 22.5 Å². The lowest BCUT2D eigenvalue weighted by Gasteiger charge is -2.07. The average molecular weight is 270 g/mol. The third-order valence-electron chi connectivity index (χ3n) is 3.05. The third-order valence-corrected chi connectivity index (χ3v) is 3.05. The molecule has 0 unspecified atom stereocenters. The van der Waals surface area contributed by atoms with E-state index in [2.05, 4.69) is 4.98 Å². The number of ether oxygens (including phenoxy) is 1. The Morgan fingerprint density at radius 3 is 2.65 bits per heavy atom. The quantitative estimate of drug-likeness (QED) is 0.672. The Morgan fingerprint density at radius 1 is 1.20 bits per heavy atom. The molecule has 100 valence electrons. The van der Waals surface area contributed by atoms with Crippen LogP contribution >= 0.6 is 0 Å². The lowest BCUT2D eigenvalue weighted by Crippen LogP contribution is -2.08. The number of benzene rings is 1. The molecule has 0 N–H and O–H groups in total. The molecule has 2 aromatic heterocycles. The van der Waals surface area contributed by atoms with Crippen LogP contribution in [0.25, 0.3) is 16.9 Å². The number of esters is 1. The molecule has 0 aliphatic rings. The maximum Gasteiger partial charge on any atom is 0.355 e. The summed E-state index contributed by atoms with van der Waals surface area (Å²) < 4.78 is 19.5. The van der Waals surface area contributed by atoms with Crippen LogP contribution in [0.5, 0.6) is 0 Å². The molecule has 20 heavy (non-hydrogen) atoms. The van der Waals surface area contributed by atoms with E-state index in [0.717, 1.165) is 11.1 Å². The highest BCUT2D eigenvalue weighted by Gasteiger charge is 2.15. The molecule has 1 aromatic carbocycles. The molecular weight excluding hydrogens is 259 g/mol. The van der Waals surface area contributed by atoms with Crippen molar-refractivity contribution in [1.29, 1.82) is 0 Å². The number of halogens is 1. The molecule has 0 aliphatic carbocycles. The average Bonchev–Trinajstić information content (AvgIpc) is 2.91. The molecule has 0 radical (unpaired) electrons. The molecule has 5 heteroatoms. The Labute approximate surface area is 114 Å². The third kappa shape index (κ3) is 1.93. The SMILES string of the molecule is COC(=O)c1cccc2cnc(-c3ccc(F)cc3)n12. The van der Waals surface area contributed by atoms with Gasteiger partial charge in [-0.25, -0.2) is 14.2 Å². The van der Waals surface area contributed by atoms with Crippen molar-refractivity contribution >= 4 is 11.5 Å². The number of fused-ring (bicyclic) bond motifs is 1. The molecule has 3 rings (SSSR count). The van der Waals surface area contributed by atoms with E-state index in [1.54, 1.807) is 34.9 Å².